The second-order valence-electron chi connectivity index (χ2n) is 14.2. The van der Waals surface area contributed by atoms with Crippen molar-refractivity contribution >= 4 is 24.0 Å². The maximum atomic E-state index is 12.5. The second-order valence-corrected chi connectivity index (χ2v) is 14.2. The van der Waals surface area contributed by atoms with E-state index >= 15 is 0 Å². The zero-order chi connectivity index (χ0) is 28.7. The van der Waals surface area contributed by atoms with E-state index in [0.717, 1.165) is 62.7 Å². The Balaban J connectivity index is 0.000000126. The molecule has 2 saturated heterocycles. The minimum Gasteiger partial charge on any atom is -0.504 e. The second kappa shape index (κ2) is 9.11. The maximum Gasteiger partial charge on any atom is 0.174 e. The van der Waals surface area contributed by atoms with Crippen LogP contribution in [0.4, 0.5) is 0 Å². The molecule has 228 valence electrons. The molecule has 2 N–H and O–H groups in total. The number of piperidine rings is 2. The largest absolute Gasteiger partial charge is 0.504 e. The van der Waals surface area contributed by atoms with Crippen LogP contribution in [0.1, 0.15) is 60.8 Å². The quantitative estimate of drug-likeness (QED) is 0.469. The van der Waals surface area contributed by atoms with Crippen LogP contribution >= 0.6 is 12.4 Å². The lowest BCUT2D eigenvalue weighted by Crippen LogP contribution is -2.65. The molecule has 8 atom stereocenters. The summed E-state index contributed by atoms with van der Waals surface area (Å²) in [6, 6.07) is 8.51. The maximum absolute atomic E-state index is 12.5. The molecule has 4 bridgehead atoms. The number of carbonyl (C=O) groups excluding carboxylic acids is 2. The molecule has 4 aliphatic heterocycles. The van der Waals surface area contributed by atoms with E-state index in [4.69, 9.17) is 9.47 Å². The summed E-state index contributed by atoms with van der Waals surface area (Å²) in [7, 11) is 4.40. The molecular weight excluding hydrogens is 568 g/mol. The van der Waals surface area contributed by atoms with Crippen LogP contribution in [0.15, 0.2) is 24.3 Å². The summed E-state index contributed by atoms with van der Waals surface area (Å²) in [6.45, 7) is 2.01. The van der Waals surface area contributed by atoms with Crippen molar-refractivity contribution in [2.75, 3.05) is 27.2 Å². The van der Waals surface area contributed by atoms with Gasteiger partial charge in [0.1, 0.15) is 0 Å². The van der Waals surface area contributed by atoms with Crippen molar-refractivity contribution in [2.45, 2.75) is 86.5 Å². The first-order valence-corrected chi connectivity index (χ1v) is 15.8. The van der Waals surface area contributed by atoms with Crippen LogP contribution in [-0.2, 0) is 33.3 Å². The fourth-order valence-corrected chi connectivity index (χ4v) is 11.0. The number of aromatic hydroxyl groups is 2. The third-order valence-corrected chi connectivity index (χ3v) is 12.8. The molecule has 0 radical (unpaired) electrons. The van der Waals surface area contributed by atoms with Crippen molar-refractivity contribution < 1.29 is 29.3 Å². The Labute approximate surface area is 257 Å². The van der Waals surface area contributed by atoms with Crippen LogP contribution in [0.3, 0.4) is 0 Å². The molecule has 4 aliphatic carbocycles. The van der Waals surface area contributed by atoms with Crippen LogP contribution in [0.25, 0.3) is 0 Å². The van der Waals surface area contributed by atoms with E-state index in [9.17, 15) is 19.8 Å². The highest BCUT2D eigenvalue weighted by molar-refractivity contribution is 5.90. The molecule has 2 aromatic carbocycles. The smallest absolute Gasteiger partial charge is 0.174 e. The fraction of sp³-hybridized carbons (Fsp3) is 0.588. The number of phenolic OH excluding ortho intramolecular Hbond substituents is 2. The molecule has 2 aromatic rings. The summed E-state index contributed by atoms with van der Waals surface area (Å²) in [5.74, 6) is 2.99. The Bertz CT molecular complexity index is 1460. The van der Waals surface area contributed by atoms with E-state index in [1.165, 1.54) is 11.1 Å². The highest BCUT2D eigenvalue weighted by Crippen LogP contribution is 2.64. The predicted molar refractivity (Wildman–Crippen MR) is 161 cm³/mol. The first-order chi connectivity index (χ1) is 20.3. The van der Waals surface area contributed by atoms with Crippen LogP contribution in [0, 0.1) is 11.8 Å². The molecule has 2 saturated carbocycles. The van der Waals surface area contributed by atoms with Gasteiger partial charge in [-0.3, -0.25) is 9.59 Å². The van der Waals surface area contributed by atoms with Crippen LogP contribution in [0.5, 0.6) is 23.0 Å². The number of ether oxygens (including phenoxy) is 2. The van der Waals surface area contributed by atoms with Crippen LogP contribution in [0.2, 0.25) is 0 Å². The number of phenols is 2. The minimum absolute atomic E-state index is 0. The van der Waals surface area contributed by atoms with E-state index < -0.39 is 0 Å². The molecule has 4 fully saturated rings. The number of nitrogens with zero attached hydrogens (tertiary/aromatic N) is 2. The fourth-order valence-electron chi connectivity index (χ4n) is 11.0. The number of likely N-dealkylation sites (N-methyl/N-ethyl adjacent to an activating group) is 2. The SMILES string of the molecule is CN1CC[C@]23c4c5ccc(O)c4O[C@H]2C(=O)CC[C@H]3[C@H]1C5.CN1CC[C@]23c4c5ccc(O)c4O[C@H]2C(=O)CC[C@H]3[C@H]1C5.Cl. The molecular formula is C34H39ClN2O6. The zero-order valence-electron chi connectivity index (χ0n) is 24.7. The van der Waals surface area contributed by atoms with Crippen molar-refractivity contribution in [3.63, 3.8) is 0 Å². The number of halogens is 1. The number of likely N-dealkylation sites (tertiary alicyclic amines) is 2. The number of rotatable bonds is 0. The molecule has 10 rings (SSSR count). The van der Waals surface area contributed by atoms with Crippen molar-refractivity contribution in [3.05, 3.63) is 46.5 Å². The number of Topliss-reactive ketones (excluding diaryl/α,β-unsaturated/α-hetero) is 2. The van der Waals surface area contributed by atoms with Crippen LogP contribution in [-0.4, -0.2) is 83.1 Å². The van der Waals surface area contributed by atoms with E-state index in [2.05, 4.69) is 23.9 Å². The first-order valence-electron chi connectivity index (χ1n) is 15.8. The van der Waals surface area contributed by atoms with Crippen molar-refractivity contribution in [1.29, 1.82) is 0 Å². The molecule has 8 aliphatic rings. The standard InChI is InChI=1S/2C17H19NO3.ClH/c2*1-18-7-6-17-10-3-5-13(20)16(17)21-15-12(19)4-2-9(14(15)17)8-11(10)18;/h2*2,4,10-11,16,19H,3,5-8H2,1H3;1H/t2*10-,11+,16-,17-;/m00./s1. The van der Waals surface area contributed by atoms with E-state index in [1.807, 2.05) is 12.1 Å². The Kier molecular flexibility index (Phi) is 5.88. The first kappa shape index (κ1) is 27.7. The van der Waals surface area contributed by atoms with Gasteiger partial charge in [-0.2, -0.15) is 0 Å². The van der Waals surface area contributed by atoms with Crippen molar-refractivity contribution in [1.82, 2.24) is 9.80 Å². The molecule has 8 nitrogen and oxygen atoms in total. The highest BCUT2D eigenvalue weighted by Gasteiger charge is 2.67. The Morgan fingerprint density at radius 1 is 0.721 bits per heavy atom. The molecule has 0 unspecified atom stereocenters. The van der Waals surface area contributed by atoms with Gasteiger partial charge in [0.15, 0.2) is 46.8 Å². The van der Waals surface area contributed by atoms with Gasteiger partial charge in [-0.05, 0) is 101 Å². The Hall–Kier alpha value is -2.81. The van der Waals surface area contributed by atoms with E-state index in [-0.39, 0.29) is 58.5 Å². The van der Waals surface area contributed by atoms with E-state index in [0.29, 0.717) is 48.3 Å². The summed E-state index contributed by atoms with van der Waals surface area (Å²) in [4.78, 5) is 29.9. The van der Waals surface area contributed by atoms with Crippen molar-refractivity contribution in [3.8, 4) is 23.0 Å². The molecule has 4 heterocycles. The molecule has 0 aromatic heterocycles. The van der Waals surface area contributed by atoms with Gasteiger partial charge in [-0.25, -0.2) is 0 Å². The molecule has 2 spiro atoms. The molecule has 9 heteroatoms. The number of hydrogen-bond acceptors (Lipinski definition) is 8. The third kappa shape index (κ3) is 3.25. The number of hydrogen-bond donors (Lipinski definition) is 2. The summed E-state index contributed by atoms with van der Waals surface area (Å²) in [5, 5.41) is 20.4. The van der Waals surface area contributed by atoms with Gasteiger partial charge in [0, 0.05) is 46.9 Å². The normalized spacial score (nSPS) is 38.9. The van der Waals surface area contributed by atoms with Gasteiger partial charge in [0.2, 0.25) is 0 Å². The van der Waals surface area contributed by atoms with Gasteiger partial charge in [0.05, 0.1) is 0 Å². The van der Waals surface area contributed by atoms with Gasteiger partial charge in [-0.15, -0.1) is 12.4 Å². The topological polar surface area (TPSA) is 99.5 Å². The average molecular weight is 607 g/mol. The van der Waals surface area contributed by atoms with Gasteiger partial charge < -0.3 is 29.5 Å². The minimum atomic E-state index is -0.366. The summed E-state index contributed by atoms with van der Waals surface area (Å²) in [5.41, 5.74) is 4.52. The van der Waals surface area contributed by atoms with E-state index in [1.54, 1.807) is 12.1 Å². The predicted octanol–water partition coefficient (Wildman–Crippen LogP) is 3.68. The molecule has 43 heavy (non-hydrogen) atoms. The van der Waals surface area contributed by atoms with Gasteiger partial charge in [-0.1, -0.05) is 12.1 Å². The third-order valence-electron chi connectivity index (χ3n) is 12.8. The summed E-state index contributed by atoms with van der Waals surface area (Å²) < 4.78 is 12.1. The van der Waals surface area contributed by atoms with Crippen LogP contribution < -0.4 is 9.47 Å². The average Bonchev–Trinajstić information content (AvgIpc) is 3.52. The number of ketones is 2. The summed E-state index contributed by atoms with van der Waals surface area (Å²) in [6.07, 6.45) is 6.37. The summed E-state index contributed by atoms with van der Waals surface area (Å²) >= 11 is 0. The Morgan fingerprint density at radius 2 is 1.14 bits per heavy atom. The Morgan fingerprint density at radius 3 is 1.56 bits per heavy atom. The lowest BCUT2D eigenvalue weighted by molar-refractivity contribution is -0.138. The highest BCUT2D eigenvalue weighted by atomic mass is 35.5. The lowest BCUT2D eigenvalue weighted by Gasteiger charge is -2.57. The van der Waals surface area contributed by atoms with Gasteiger partial charge >= 0.3 is 0 Å². The number of benzene rings is 2. The van der Waals surface area contributed by atoms with Gasteiger partial charge in [0.25, 0.3) is 0 Å². The monoisotopic (exact) mass is 606 g/mol. The van der Waals surface area contributed by atoms with Crippen molar-refractivity contribution in [2.24, 2.45) is 11.8 Å². The number of carbonyl (C=O) groups is 2. The molecule has 0 amide bonds. The lowest BCUT2D eigenvalue weighted by atomic mass is 9.52. The zero-order valence-corrected chi connectivity index (χ0v) is 25.5.